The fourth-order valence-electron chi connectivity index (χ4n) is 4.09. The predicted molar refractivity (Wildman–Crippen MR) is 109 cm³/mol. The van der Waals surface area contributed by atoms with Crippen molar-refractivity contribution in [3.8, 4) is 0 Å². The lowest BCUT2D eigenvalue weighted by atomic mass is 9.89. The van der Waals surface area contributed by atoms with Gasteiger partial charge in [-0.3, -0.25) is 4.79 Å². The van der Waals surface area contributed by atoms with Gasteiger partial charge >= 0.3 is 0 Å². The zero-order valence-corrected chi connectivity index (χ0v) is 16.3. The molecule has 1 saturated heterocycles. The van der Waals surface area contributed by atoms with Gasteiger partial charge in [0, 0.05) is 49.6 Å². The van der Waals surface area contributed by atoms with Crippen LogP contribution >= 0.6 is 11.3 Å². The summed E-state index contributed by atoms with van der Waals surface area (Å²) in [5.41, 5.74) is 3.74. The minimum absolute atomic E-state index is 0.124. The van der Waals surface area contributed by atoms with Gasteiger partial charge in [-0.25, -0.2) is 0 Å². The van der Waals surface area contributed by atoms with E-state index in [9.17, 15) is 4.79 Å². The Bertz CT molecular complexity index is 888. The van der Waals surface area contributed by atoms with Crippen molar-refractivity contribution < 1.29 is 4.79 Å². The smallest absolute Gasteiger partial charge is 0.223 e. The monoisotopic (exact) mass is 366 g/mol. The second kappa shape index (κ2) is 7.28. The number of aryl methyl sites for hydroxylation is 1. The van der Waals surface area contributed by atoms with Crippen LogP contribution in [0, 0.1) is 5.92 Å². The first-order chi connectivity index (χ1) is 12.6. The van der Waals surface area contributed by atoms with E-state index < -0.39 is 0 Å². The normalized spacial score (nSPS) is 16.9. The zero-order chi connectivity index (χ0) is 18.1. The first-order valence-electron chi connectivity index (χ1n) is 9.47. The Morgan fingerprint density at radius 1 is 1.23 bits per heavy atom. The molecule has 0 bridgehead atoms. The molecule has 0 saturated carbocycles. The minimum atomic E-state index is 0.124. The summed E-state index contributed by atoms with van der Waals surface area (Å²) in [5.74, 6) is 1.16. The van der Waals surface area contributed by atoms with Gasteiger partial charge in [-0.05, 0) is 52.8 Å². The highest BCUT2D eigenvalue weighted by molar-refractivity contribution is 7.08. The molecule has 0 aliphatic carbocycles. The zero-order valence-electron chi connectivity index (χ0n) is 15.5. The van der Waals surface area contributed by atoms with Crippen molar-refractivity contribution in [2.45, 2.75) is 32.1 Å². The topological polar surface area (TPSA) is 25.2 Å². The number of aromatic nitrogens is 1. The first-order valence-corrected chi connectivity index (χ1v) is 10.4. The summed E-state index contributed by atoms with van der Waals surface area (Å²) in [4.78, 5) is 15.1. The molecule has 0 spiro atoms. The third-order valence-electron chi connectivity index (χ3n) is 5.76. The largest absolute Gasteiger partial charge is 0.350 e. The molecule has 1 amide bonds. The van der Waals surface area contributed by atoms with Gasteiger partial charge in [-0.15, -0.1) is 0 Å². The Kier molecular flexibility index (Phi) is 4.86. The van der Waals surface area contributed by atoms with Crippen LogP contribution < -0.4 is 0 Å². The van der Waals surface area contributed by atoms with Crippen LogP contribution in [0.1, 0.15) is 43.2 Å². The Hall–Kier alpha value is -2.07. The quantitative estimate of drug-likeness (QED) is 0.636. The summed E-state index contributed by atoms with van der Waals surface area (Å²) in [6, 6.07) is 10.7. The lowest BCUT2D eigenvalue weighted by Crippen LogP contribution is -2.38. The van der Waals surface area contributed by atoms with E-state index in [1.54, 1.807) is 11.3 Å². The fourth-order valence-corrected chi connectivity index (χ4v) is 4.81. The maximum absolute atomic E-state index is 13.0. The molecule has 4 rings (SSSR count). The number of rotatable bonds is 4. The maximum atomic E-state index is 13.0. The van der Waals surface area contributed by atoms with E-state index in [1.807, 2.05) is 0 Å². The number of piperidine rings is 1. The minimum Gasteiger partial charge on any atom is -0.350 e. The summed E-state index contributed by atoms with van der Waals surface area (Å²) < 4.78 is 2.18. The number of likely N-dealkylation sites (tertiary alicyclic amines) is 1. The van der Waals surface area contributed by atoms with Gasteiger partial charge < -0.3 is 9.47 Å². The van der Waals surface area contributed by atoms with Gasteiger partial charge in [0.2, 0.25) is 5.91 Å². The average molecular weight is 367 g/mol. The molecule has 136 valence electrons. The van der Waals surface area contributed by atoms with E-state index in [2.05, 4.69) is 70.7 Å². The molecule has 26 heavy (non-hydrogen) atoms. The standard InChI is InChI=1S/C22H26N2OS/c1-16-7-10-24(11-8-16)22(25)13-19(17-9-12-26-15-17)20-14-23(2)21-6-4-3-5-18(20)21/h3-6,9,12,14-16,19H,7-8,10-11,13H2,1-2H3. The van der Waals surface area contributed by atoms with Crippen molar-refractivity contribution in [3.63, 3.8) is 0 Å². The van der Waals surface area contributed by atoms with Crippen LogP contribution in [-0.2, 0) is 11.8 Å². The van der Waals surface area contributed by atoms with E-state index in [1.165, 1.54) is 22.0 Å². The van der Waals surface area contributed by atoms with Gasteiger partial charge in [0.25, 0.3) is 0 Å². The first kappa shape index (κ1) is 17.3. The van der Waals surface area contributed by atoms with Crippen LogP contribution in [0.3, 0.4) is 0 Å². The van der Waals surface area contributed by atoms with Gasteiger partial charge in [0.1, 0.15) is 0 Å². The van der Waals surface area contributed by atoms with Crippen LogP contribution in [0.2, 0.25) is 0 Å². The molecule has 3 aromatic rings. The molecule has 4 heteroatoms. The van der Waals surface area contributed by atoms with Crippen LogP contribution in [0.4, 0.5) is 0 Å². The van der Waals surface area contributed by atoms with E-state index in [4.69, 9.17) is 0 Å². The Morgan fingerprint density at radius 2 is 2.00 bits per heavy atom. The number of hydrogen-bond acceptors (Lipinski definition) is 2. The molecule has 1 atom stereocenters. The number of para-hydroxylation sites is 1. The number of fused-ring (bicyclic) bond motifs is 1. The molecule has 3 heterocycles. The highest BCUT2D eigenvalue weighted by atomic mass is 32.1. The molecule has 1 aliphatic rings. The molecule has 1 aromatic carbocycles. The lowest BCUT2D eigenvalue weighted by molar-refractivity contribution is -0.132. The van der Waals surface area contributed by atoms with Crippen molar-refractivity contribution in [2.75, 3.05) is 13.1 Å². The second-order valence-corrected chi connectivity index (χ2v) is 8.37. The number of benzene rings is 1. The molecule has 0 radical (unpaired) electrons. The van der Waals surface area contributed by atoms with E-state index >= 15 is 0 Å². The number of hydrogen-bond donors (Lipinski definition) is 0. The molecule has 2 aromatic heterocycles. The molecule has 3 nitrogen and oxygen atoms in total. The second-order valence-electron chi connectivity index (χ2n) is 7.59. The van der Waals surface area contributed by atoms with Gasteiger partial charge in [0.05, 0.1) is 0 Å². The number of thiophene rings is 1. The predicted octanol–water partition coefficient (Wildman–Crippen LogP) is 5.02. The summed E-state index contributed by atoms with van der Waals surface area (Å²) in [7, 11) is 2.09. The van der Waals surface area contributed by atoms with Gasteiger partial charge in [0.15, 0.2) is 0 Å². The van der Waals surface area contributed by atoms with Gasteiger partial charge in [-0.2, -0.15) is 11.3 Å². The summed E-state index contributed by atoms with van der Waals surface area (Å²) in [6.07, 6.45) is 5.02. The summed E-state index contributed by atoms with van der Waals surface area (Å²) in [5, 5.41) is 5.56. The van der Waals surface area contributed by atoms with Crippen LogP contribution in [0.15, 0.2) is 47.3 Å². The molecule has 1 fully saturated rings. The summed E-state index contributed by atoms with van der Waals surface area (Å²) >= 11 is 1.71. The van der Waals surface area contributed by atoms with E-state index in [0.29, 0.717) is 12.3 Å². The maximum Gasteiger partial charge on any atom is 0.223 e. The van der Waals surface area contributed by atoms with Crippen molar-refractivity contribution in [3.05, 3.63) is 58.4 Å². The number of carbonyl (C=O) groups is 1. The van der Waals surface area contributed by atoms with Crippen molar-refractivity contribution >= 4 is 28.1 Å². The Balaban J connectivity index is 1.66. The Morgan fingerprint density at radius 3 is 2.73 bits per heavy atom. The molecular formula is C22H26N2OS. The van der Waals surface area contributed by atoms with Crippen molar-refractivity contribution in [1.82, 2.24) is 9.47 Å². The number of amides is 1. The number of carbonyl (C=O) groups excluding carboxylic acids is 1. The molecule has 1 aliphatic heterocycles. The van der Waals surface area contributed by atoms with Crippen LogP contribution in [-0.4, -0.2) is 28.5 Å². The van der Waals surface area contributed by atoms with E-state index in [0.717, 1.165) is 31.8 Å². The highest BCUT2D eigenvalue weighted by Gasteiger charge is 2.26. The van der Waals surface area contributed by atoms with E-state index in [-0.39, 0.29) is 5.92 Å². The van der Waals surface area contributed by atoms with Crippen molar-refractivity contribution in [2.24, 2.45) is 13.0 Å². The Labute approximate surface area is 159 Å². The summed E-state index contributed by atoms with van der Waals surface area (Å²) in [6.45, 7) is 4.10. The SMILES string of the molecule is CC1CCN(C(=O)CC(c2ccsc2)c2cn(C)c3ccccc23)CC1. The third-order valence-corrected chi connectivity index (χ3v) is 6.47. The highest BCUT2D eigenvalue weighted by Crippen LogP contribution is 2.36. The molecule has 0 N–H and O–H groups in total. The van der Waals surface area contributed by atoms with Crippen LogP contribution in [0.5, 0.6) is 0 Å². The average Bonchev–Trinajstić information content (AvgIpc) is 3.29. The molecular weight excluding hydrogens is 340 g/mol. The third kappa shape index (κ3) is 3.30. The van der Waals surface area contributed by atoms with Crippen LogP contribution in [0.25, 0.3) is 10.9 Å². The lowest BCUT2D eigenvalue weighted by Gasteiger charge is -2.31. The molecule has 1 unspecified atom stereocenters. The van der Waals surface area contributed by atoms with Crippen molar-refractivity contribution in [1.29, 1.82) is 0 Å². The number of nitrogens with zero attached hydrogens (tertiary/aromatic N) is 2. The fraction of sp³-hybridized carbons (Fsp3) is 0.409. The van der Waals surface area contributed by atoms with Gasteiger partial charge in [-0.1, -0.05) is 25.1 Å².